The quantitative estimate of drug-likeness (QED) is 0.811. The molecule has 0 fully saturated rings. The number of phenolic OH excluding ortho intramolecular Hbond substituents is 1. The lowest BCUT2D eigenvalue weighted by molar-refractivity contribution is 0.476. The molecule has 0 amide bonds. The van der Waals surface area contributed by atoms with Crippen LogP contribution in [0.2, 0.25) is 0 Å². The maximum absolute atomic E-state index is 9.89. The number of aryl methyl sites for hydroxylation is 2. The van der Waals surface area contributed by atoms with Crippen LogP contribution < -0.4 is 0 Å². The first-order valence-corrected chi connectivity index (χ1v) is 5.73. The second-order valence-corrected chi connectivity index (χ2v) is 4.26. The average molecular weight is 234 g/mol. The zero-order valence-electron chi connectivity index (χ0n) is 9.40. The number of rotatable bonds is 2. The first-order valence-electron chi connectivity index (χ1n) is 5.33. The second-order valence-electron chi connectivity index (χ2n) is 3.87. The monoisotopic (exact) mass is 234 g/mol. The summed E-state index contributed by atoms with van der Waals surface area (Å²) in [6.07, 6.45) is 2.71. The van der Waals surface area contributed by atoms with Crippen molar-refractivity contribution in [2.24, 2.45) is 0 Å². The van der Waals surface area contributed by atoms with Crippen LogP contribution in [0.25, 0.3) is 10.9 Å². The van der Waals surface area contributed by atoms with E-state index in [4.69, 9.17) is 12.2 Å². The van der Waals surface area contributed by atoms with Gasteiger partial charge in [-0.1, -0.05) is 25.2 Å². The Morgan fingerprint density at radius 2 is 2.19 bits per heavy atom. The normalized spacial score (nSPS) is 10.9. The Hall–Kier alpha value is -1.42. The highest BCUT2D eigenvalue weighted by molar-refractivity contribution is 7.71. The van der Waals surface area contributed by atoms with Crippen molar-refractivity contribution in [2.45, 2.75) is 26.8 Å². The van der Waals surface area contributed by atoms with Crippen LogP contribution in [0.3, 0.4) is 0 Å². The van der Waals surface area contributed by atoms with Gasteiger partial charge in [0, 0.05) is 11.9 Å². The lowest BCUT2D eigenvalue weighted by atomic mass is 10.1. The van der Waals surface area contributed by atoms with Crippen molar-refractivity contribution in [2.75, 3.05) is 0 Å². The molecule has 0 saturated carbocycles. The first-order chi connectivity index (χ1) is 7.65. The molecule has 0 radical (unpaired) electrons. The molecule has 84 valence electrons. The molecule has 0 aliphatic heterocycles. The van der Waals surface area contributed by atoms with Crippen LogP contribution in [0.5, 0.6) is 5.75 Å². The van der Waals surface area contributed by atoms with Crippen molar-refractivity contribution >= 4 is 23.1 Å². The van der Waals surface area contributed by atoms with Crippen LogP contribution in [0.15, 0.2) is 18.5 Å². The second kappa shape index (κ2) is 4.22. The van der Waals surface area contributed by atoms with Gasteiger partial charge < -0.3 is 9.67 Å². The molecule has 0 aliphatic carbocycles. The van der Waals surface area contributed by atoms with Crippen LogP contribution in [0, 0.1) is 11.6 Å². The zero-order valence-corrected chi connectivity index (χ0v) is 10.2. The average Bonchev–Trinajstić information content (AvgIpc) is 2.28. The summed E-state index contributed by atoms with van der Waals surface area (Å²) in [5.74, 6) is 0.229. The highest BCUT2D eigenvalue weighted by Crippen LogP contribution is 2.26. The highest BCUT2D eigenvalue weighted by atomic mass is 32.1. The molecule has 1 aromatic carbocycles. The topological polar surface area (TPSA) is 38.0 Å². The van der Waals surface area contributed by atoms with Gasteiger partial charge >= 0.3 is 0 Å². The summed E-state index contributed by atoms with van der Waals surface area (Å²) in [4.78, 5) is 4.27. The van der Waals surface area contributed by atoms with Crippen LogP contribution in [0.4, 0.5) is 0 Å². The number of aromatic hydroxyl groups is 1. The van der Waals surface area contributed by atoms with E-state index in [1.165, 1.54) is 0 Å². The molecule has 1 aromatic heterocycles. The van der Waals surface area contributed by atoms with Crippen LogP contribution in [-0.4, -0.2) is 14.7 Å². The maximum atomic E-state index is 9.89. The van der Waals surface area contributed by atoms with E-state index in [2.05, 4.69) is 11.9 Å². The third-order valence-corrected chi connectivity index (χ3v) is 3.09. The molecule has 0 aliphatic rings. The van der Waals surface area contributed by atoms with E-state index in [0.717, 1.165) is 28.6 Å². The number of benzene rings is 1. The third kappa shape index (κ3) is 1.69. The van der Waals surface area contributed by atoms with Gasteiger partial charge in [0.25, 0.3) is 0 Å². The minimum atomic E-state index is 0.229. The summed E-state index contributed by atoms with van der Waals surface area (Å²) in [5, 5.41) is 10.7. The van der Waals surface area contributed by atoms with E-state index in [1.54, 1.807) is 6.33 Å². The molecule has 2 rings (SSSR count). The predicted molar refractivity (Wildman–Crippen MR) is 67.3 cm³/mol. The standard InChI is InChI=1S/C12H14N2OS/c1-3-6-14-7-13-10-9(12(14)16)5-4-8(2)11(10)15/h4-5,7,15H,3,6H2,1-2H3. The number of phenols is 1. The van der Waals surface area contributed by atoms with E-state index in [-0.39, 0.29) is 5.75 Å². The van der Waals surface area contributed by atoms with Gasteiger partial charge in [0.2, 0.25) is 0 Å². The molecule has 0 atom stereocenters. The van der Waals surface area contributed by atoms with Gasteiger partial charge in [0.1, 0.15) is 15.9 Å². The maximum Gasteiger partial charge on any atom is 0.144 e. The van der Waals surface area contributed by atoms with E-state index >= 15 is 0 Å². The smallest absolute Gasteiger partial charge is 0.144 e. The Morgan fingerprint density at radius 3 is 2.88 bits per heavy atom. The van der Waals surface area contributed by atoms with Crippen molar-refractivity contribution in [3.8, 4) is 5.75 Å². The molecule has 1 N–H and O–H groups in total. The molecule has 3 nitrogen and oxygen atoms in total. The van der Waals surface area contributed by atoms with Gasteiger partial charge in [-0.2, -0.15) is 0 Å². The molecule has 1 heterocycles. The molecule has 4 heteroatoms. The van der Waals surface area contributed by atoms with E-state index in [9.17, 15) is 5.11 Å². The summed E-state index contributed by atoms with van der Waals surface area (Å²) in [5.41, 5.74) is 1.42. The Bertz CT molecular complexity index is 589. The Balaban J connectivity index is 2.77. The summed E-state index contributed by atoms with van der Waals surface area (Å²) in [7, 11) is 0. The summed E-state index contributed by atoms with van der Waals surface area (Å²) in [6.45, 7) is 4.81. The van der Waals surface area contributed by atoms with Gasteiger partial charge in [-0.15, -0.1) is 0 Å². The summed E-state index contributed by atoms with van der Waals surface area (Å²) in [6, 6.07) is 3.79. The van der Waals surface area contributed by atoms with Crippen molar-refractivity contribution < 1.29 is 5.11 Å². The highest BCUT2D eigenvalue weighted by Gasteiger charge is 2.06. The van der Waals surface area contributed by atoms with Gasteiger partial charge in [0.15, 0.2) is 0 Å². The molecular weight excluding hydrogens is 220 g/mol. The van der Waals surface area contributed by atoms with E-state index < -0.39 is 0 Å². The van der Waals surface area contributed by atoms with Crippen molar-refractivity contribution in [3.63, 3.8) is 0 Å². The summed E-state index contributed by atoms with van der Waals surface area (Å²) >= 11 is 5.37. The molecule has 2 aromatic rings. The van der Waals surface area contributed by atoms with Gasteiger partial charge in [-0.25, -0.2) is 4.98 Å². The first kappa shape index (κ1) is 11.1. The van der Waals surface area contributed by atoms with Crippen LogP contribution in [-0.2, 0) is 6.54 Å². The number of hydrogen-bond acceptors (Lipinski definition) is 3. The van der Waals surface area contributed by atoms with Crippen molar-refractivity contribution in [1.82, 2.24) is 9.55 Å². The molecule has 0 unspecified atom stereocenters. The van der Waals surface area contributed by atoms with Gasteiger partial charge in [-0.3, -0.25) is 0 Å². The number of nitrogens with zero attached hydrogens (tertiary/aromatic N) is 2. The van der Waals surface area contributed by atoms with Gasteiger partial charge in [0.05, 0.1) is 6.33 Å². The minimum absolute atomic E-state index is 0.229. The van der Waals surface area contributed by atoms with Gasteiger partial charge in [-0.05, 0) is 25.0 Å². The molecule has 0 bridgehead atoms. The largest absolute Gasteiger partial charge is 0.505 e. The minimum Gasteiger partial charge on any atom is -0.505 e. The fourth-order valence-corrected chi connectivity index (χ4v) is 2.02. The lowest BCUT2D eigenvalue weighted by Gasteiger charge is -2.08. The SMILES string of the molecule is CCCn1cnc2c(O)c(C)ccc2c1=S. The molecule has 0 saturated heterocycles. The number of fused-ring (bicyclic) bond motifs is 1. The molecular formula is C12H14N2OS. The van der Waals surface area contributed by atoms with Crippen molar-refractivity contribution in [1.29, 1.82) is 0 Å². The number of hydrogen-bond donors (Lipinski definition) is 1. The molecule has 0 spiro atoms. The summed E-state index contributed by atoms with van der Waals surface area (Å²) < 4.78 is 2.68. The predicted octanol–water partition coefficient (Wildman–Crippen LogP) is 3.19. The Morgan fingerprint density at radius 1 is 1.44 bits per heavy atom. The van der Waals surface area contributed by atoms with Crippen LogP contribution >= 0.6 is 12.2 Å². The Labute approximate surface area is 99.4 Å². The lowest BCUT2D eigenvalue weighted by Crippen LogP contribution is -2.01. The van der Waals surface area contributed by atoms with Crippen LogP contribution in [0.1, 0.15) is 18.9 Å². The van der Waals surface area contributed by atoms with E-state index in [0.29, 0.717) is 5.52 Å². The fourth-order valence-electron chi connectivity index (χ4n) is 1.72. The zero-order chi connectivity index (χ0) is 11.7. The molecule has 16 heavy (non-hydrogen) atoms. The Kier molecular flexibility index (Phi) is 2.92. The van der Waals surface area contributed by atoms with Crippen molar-refractivity contribution in [3.05, 3.63) is 28.7 Å². The van der Waals surface area contributed by atoms with E-state index in [1.807, 2.05) is 23.6 Å². The third-order valence-electron chi connectivity index (χ3n) is 2.63. The number of aromatic nitrogens is 2. The fraction of sp³-hybridized carbons (Fsp3) is 0.333.